The molecule has 1 aromatic heterocycles. The highest BCUT2D eigenvalue weighted by atomic mass is 15.1. The molecular weight excluding hydrogens is 442 g/mol. The maximum absolute atomic E-state index is 10.2. The zero-order chi connectivity index (χ0) is 24.6. The third-order valence-electron chi connectivity index (χ3n) is 7.65. The number of nitrogens with zero attached hydrogens (tertiary/aromatic N) is 5. The van der Waals surface area contributed by atoms with Crippen molar-refractivity contribution >= 4 is 11.0 Å². The fourth-order valence-corrected chi connectivity index (χ4v) is 6.40. The van der Waals surface area contributed by atoms with Gasteiger partial charge in [0.2, 0.25) is 0 Å². The molecule has 0 amide bonds. The van der Waals surface area contributed by atoms with Gasteiger partial charge in [-0.05, 0) is 76.7 Å². The van der Waals surface area contributed by atoms with E-state index in [0.717, 1.165) is 55.9 Å². The number of aryl methyl sites for hydroxylation is 1. The number of para-hydroxylation sites is 2. The summed E-state index contributed by atoms with van der Waals surface area (Å²) in [5.41, 5.74) is 10.5. The molecule has 8 rings (SSSR count). The minimum atomic E-state index is -0.369. The molecule has 5 heteroatoms. The summed E-state index contributed by atoms with van der Waals surface area (Å²) in [6, 6.07) is 30.8. The predicted molar refractivity (Wildman–Crippen MR) is 135 cm³/mol. The smallest absolute Gasteiger partial charge is 0.111 e. The second-order valence-electron chi connectivity index (χ2n) is 9.26. The molecule has 36 heavy (non-hydrogen) atoms. The fourth-order valence-electron chi connectivity index (χ4n) is 6.40. The van der Waals surface area contributed by atoms with E-state index in [1.165, 1.54) is 0 Å². The van der Waals surface area contributed by atoms with Gasteiger partial charge in [-0.3, -0.25) is 4.57 Å². The first-order valence-corrected chi connectivity index (χ1v) is 11.7. The summed E-state index contributed by atoms with van der Waals surface area (Å²) < 4.78 is 2.16. The van der Waals surface area contributed by atoms with E-state index in [0.29, 0.717) is 16.7 Å². The molecular formula is C31H17N5. The fraction of sp³-hybridized carbons (Fsp3) is 0.0968. The van der Waals surface area contributed by atoms with E-state index in [-0.39, 0.29) is 11.8 Å². The third kappa shape index (κ3) is 2.38. The second kappa shape index (κ2) is 7.16. The van der Waals surface area contributed by atoms with Crippen LogP contribution in [0.2, 0.25) is 0 Å². The number of benzene rings is 4. The summed E-state index contributed by atoms with van der Waals surface area (Å²) in [4.78, 5) is 4.80. The van der Waals surface area contributed by atoms with Gasteiger partial charge in [0.05, 0.1) is 51.6 Å². The van der Waals surface area contributed by atoms with Crippen molar-refractivity contribution in [1.82, 2.24) is 9.55 Å². The molecule has 0 saturated heterocycles. The summed E-state index contributed by atoms with van der Waals surface area (Å²) in [5.74, 6) is 0.286. The van der Waals surface area contributed by atoms with Gasteiger partial charge < -0.3 is 0 Å². The van der Waals surface area contributed by atoms with E-state index in [2.05, 4.69) is 41.0 Å². The Morgan fingerprint density at radius 1 is 0.639 bits per heavy atom. The van der Waals surface area contributed by atoms with Crippen LogP contribution in [0.4, 0.5) is 0 Å². The van der Waals surface area contributed by atoms with Crippen LogP contribution in [-0.2, 0) is 0 Å². The Balaban J connectivity index is 1.67. The lowest BCUT2D eigenvalue weighted by molar-refractivity contribution is 0.739. The topological polar surface area (TPSA) is 89.2 Å². The van der Waals surface area contributed by atoms with Crippen LogP contribution in [0.5, 0.6) is 0 Å². The van der Waals surface area contributed by atoms with Crippen LogP contribution in [0.3, 0.4) is 0 Å². The zero-order valence-corrected chi connectivity index (χ0v) is 19.3. The molecule has 0 fully saturated rings. The van der Waals surface area contributed by atoms with E-state index in [1.54, 1.807) is 0 Å². The molecule has 5 nitrogen and oxygen atoms in total. The number of hydrogen-bond acceptors (Lipinski definition) is 4. The average Bonchev–Trinajstić information content (AvgIpc) is 3.26. The Hall–Kier alpha value is -5.18. The molecule has 1 heterocycles. The monoisotopic (exact) mass is 459 g/mol. The lowest BCUT2D eigenvalue weighted by atomic mass is 9.58. The molecule has 0 atom stereocenters. The molecule has 0 unspecified atom stereocenters. The number of rotatable bonds is 1. The minimum Gasteiger partial charge on any atom is -0.296 e. The van der Waals surface area contributed by atoms with Crippen molar-refractivity contribution < 1.29 is 0 Å². The Bertz CT molecular complexity index is 1840. The van der Waals surface area contributed by atoms with Crippen molar-refractivity contribution in [3.63, 3.8) is 0 Å². The van der Waals surface area contributed by atoms with Crippen LogP contribution in [0, 0.1) is 40.9 Å². The number of hydrogen-bond donors (Lipinski definition) is 0. The van der Waals surface area contributed by atoms with Gasteiger partial charge in [-0.15, -0.1) is 0 Å². The van der Waals surface area contributed by atoms with Gasteiger partial charge in [0, 0.05) is 11.8 Å². The highest BCUT2D eigenvalue weighted by Crippen LogP contribution is 2.59. The highest BCUT2D eigenvalue weighted by molar-refractivity contribution is 5.82. The van der Waals surface area contributed by atoms with Gasteiger partial charge in [-0.1, -0.05) is 36.4 Å². The predicted octanol–water partition coefficient (Wildman–Crippen LogP) is 5.94. The van der Waals surface area contributed by atoms with Crippen molar-refractivity contribution in [2.24, 2.45) is 0 Å². The van der Waals surface area contributed by atoms with E-state index in [9.17, 15) is 15.8 Å². The van der Waals surface area contributed by atoms with Gasteiger partial charge in [0.25, 0.3) is 0 Å². The molecule has 0 N–H and O–H groups in total. The van der Waals surface area contributed by atoms with Crippen LogP contribution in [0.15, 0.2) is 72.8 Å². The van der Waals surface area contributed by atoms with Gasteiger partial charge in [0.1, 0.15) is 5.82 Å². The second-order valence-corrected chi connectivity index (χ2v) is 9.26. The van der Waals surface area contributed by atoms with Crippen molar-refractivity contribution in [1.29, 1.82) is 15.8 Å². The summed E-state index contributed by atoms with van der Waals surface area (Å²) in [5, 5.41) is 30.3. The Labute approximate surface area is 207 Å². The first-order chi connectivity index (χ1) is 17.7. The largest absolute Gasteiger partial charge is 0.296 e. The summed E-state index contributed by atoms with van der Waals surface area (Å²) in [7, 11) is 0. The number of nitriles is 3. The zero-order valence-electron chi connectivity index (χ0n) is 19.3. The lowest BCUT2D eigenvalue weighted by Gasteiger charge is -2.44. The SMILES string of the molecule is Cc1nc2ccccc2n1-c1ccc(C#N)c2c1C1c3cccc(C#N)c3C2c2c(C#N)cccc21. The molecule has 0 spiro atoms. The Kier molecular flexibility index (Phi) is 4.02. The van der Waals surface area contributed by atoms with E-state index in [1.807, 2.05) is 61.5 Å². The van der Waals surface area contributed by atoms with Crippen molar-refractivity contribution in [2.75, 3.05) is 0 Å². The van der Waals surface area contributed by atoms with Gasteiger partial charge >= 0.3 is 0 Å². The molecule has 0 saturated carbocycles. The minimum absolute atomic E-state index is 0.208. The van der Waals surface area contributed by atoms with Crippen molar-refractivity contribution in [2.45, 2.75) is 18.8 Å². The molecule has 3 aliphatic carbocycles. The van der Waals surface area contributed by atoms with Gasteiger partial charge in [-0.25, -0.2) is 4.98 Å². The van der Waals surface area contributed by atoms with Gasteiger partial charge in [-0.2, -0.15) is 15.8 Å². The van der Waals surface area contributed by atoms with Crippen LogP contribution in [0.1, 0.15) is 67.7 Å². The number of fused-ring (bicyclic) bond motifs is 1. The first kappa shape index (κ1) is 20.2. The lowest BCUT2D eigenvalue weighted by Crippen LogP contribution is -2.31. The molecule has 166 valence electrons. The van der Waals surface area contributed by atoms with E-state index < -0.39 is 0 Å². The molecule has 5 aromatic rings. The molecule has 2 bridgehead atoms. The normalized spacial score (nSPS) is 16.4. The van der Waals surface area contributed by atoms with Crippen LogP contribution >= 0.6 is 0 Å². The standard InChI is InChI=1S/C31H17N5/c1-17-35-23-10-2-3-11-24(23)36(17)25-13-12-20(16-34)28-30(25)29-21-8-4-6-18(14-32)26(21)31(28)27-19(15-33)7-5-9-22(27)29/h2-13,29,31H,1H3. The maximum atomic E-state index is 10.2. The average molecular weight is 460 g/mol. The first-order valence-electron chi connectivity index (χ1n) is 11.7. The third-order valence-corrected chi connectivity index (χ3v) is 7.65. The molecule has 0 aliphatic heterocycles. The van der Waals surface area contributed by atoms with Crippen LogP contribution in [0.25, 0.3) is 16.7 Å². The van der Waals surface area contributed by atoms with E-state index >= 15 is 0 Å². The molecule has 3 aliphatic rings. The van der Waals surface area contributed by atoms with Crippen molar-refractivity contribution in [3.8, 4) is 23.9 Å². The van der Waals surface area contributed by atoms with Crippen LogP contribution in [-0.4, -0.2) is 9.55 Å². The molecule has 4 aromatic carbocycles. The van der Waals surface area contributed by atoms with Crippen LogP contribution < -0.4 is 0 Å². The summed E-state index contributed by atoms with van der Waals surface area (Å²) in [6.07, 6.45) is 0. The Morgan fingerprint density at radius 3 is 1.89 bits per heavy atom. The maximum Gasteiger partial charge on any atom is 0.111 e. The number of aromatic nitrogens is 2. The Morgan fingerprint density at radius 2 is 1.25 bits per heavy atom. The quantitative estimate of drug-likeness (QED) is 0.304. The number of imidazole rings is 1. The van der Waals surface area contributed by atoms with Crippen molar-refractivity contribution in [3.05, 3.63) is 129 Å². The summed E-state index contributed by atoms with van der Waals surface area (Å²) >= 11 is 0. The van der Waals surface area contributed by atoms with Gasteiger partial charge in [0.15, 0.2) is 0 Å². The summed E-state index contributed by atoms with van der Waals surface area (Å²) in [6.45, 7) is 2.00. The molecule has 0 radical (unpaired) electrons. The highest BCUT2D eigenvalue weighted by Gasteiger charge is 2.46. The van der Waals surface area contributed by atoms with E-state index in [4.69, 9.17) is 4.98 Å².